The molecule has 2 heterocycles. The molecule has 2 radical (unpaired) electrons. The summed E-state index contributed by atoms with van der Waals surface area (Å²) in [5.41, 5.74) is 8.18. The zero-order valence-corrected chi connectivity index (χ0v) is 5.75. The van der Waals surface area contributed by atoms with E-state index in [1.807, 2.05) is 0 Å². The quantitative estimate of drug-likeness (QED) is 0.228. The van der Waals surface area contributed by atoms with Crippen molar-refractivity contribution in [3.8, 4) is 0 Å². The fourth-order valence-corrected chi connectivity index (χ4v) is 1.50. The van der Waals surface area contributed by atoms with Gasteiger partial charge in [-0.3, -0.25) is 0 Å². The lowest BCUT2D eigenvalue weighted by Crippen LogP contribution is -2.29. The number of hydrogen-bond donors (Lipinski definition) is 0. The Morgan fingerprint density at radius 3 is 2.91 bits per heavy atom. The van der Waals surface area contributed by atoms with Crippen molar-refractivity contribution in [2.24, 2.45) is 5.11 Å². The highest BCUT2D eigenvalue weighted by atomic mass is 16.6. The first kappa shape index (κ1) is 6.97. The summed E-state index contributed by atoms with van der Waals surface area (Å²) >= 11 is 0. The maximum atomic E-state index is 8.18. The number of ether oxygens (including phenoxy) is 2. The summed E-state index contributed by atoms with van der Waals surface area (Å²) in [6.07, 6.45) is -0.373. The Morgan fingerprint density at radius 1 is 1.64 bits per heavy atom. The molecule has 0 unspecified atom stereocenters. The molecule has 2 saturated heterocycles. The van der Waals surface area contributed by atoms with Crippen LogP contribution >= 0.6 is 0 Å². The third-order valence-corrected chi connectivity index (χ3v) is 2.01. The molecule has 0 aromatic rings. The van der Waals surface area contributed by atoms with E-state index < -0.39 is 6.00 Å². The van der Waals surface area contributed by atoms with Crippen molar-refractivity contribution in [1.82, 2.24) is 0 Å². The predicted octanol–water partition coefficient (Wildman–Crippen LogP) is -0.0425. The number of nitrogens with zero attached hydrogens (tertiary/aromatic N) is 3. The van der Waals surface area contributed by atoms with Gasteiger partial charge < -0.3 is 9.47 Å². The average molecular weight is 151 g/mol. The van der Waals surface area contributed by atoms with Crippen LogP contribution in [0.4, 0.5) is 0 Å². The van der Waals surface area contributed by atoms with Crippen LogP contribution in [0.25, 0.3) is 10.4 Å². The minimum Gasteiger partial charge on any atom is -0.379 e. The Bertz CT molecular complexity index is 218. The average Bonchev–Trinajstić information content (AvgIpc) is 2.46. The first-order valence-corrected chi connectivity index (χ1v) is 3.40. The maximum Gasteiger partial charge on any atom is 0.112 e. The Labute approximate surface area is 64.7 Å². The normalized spacial score (nSPS) is 47.3. The zero-order valence-electron chi connectivity index (χ0n) is 5.75. The van der Waals surface area contributed by atoms with Gasteiger partial charge in [0.15, 0.2) is 0 Å². The number of hydrogen-bond acceptors (Lipinski definition) is 3. The second kappa shape index (κ2) is 2.41. The molecule has 2 rings (SSSR count). The van der Waals surface area contributed by atoms with Crippen LogP contribution in [0.15, 0.2) is 5.11 Å². The first-order chi connectivity index (χ1) is 5.33. The van der Waals surface area contributed by atoms with Crippen LogP contribution in [-0.2, 0) is 9.47 Å². The molecule has 0 aromatic heterocycles. The lowest BCUT2D eigenvalue weighted by Gasteiger charge is -2.18. The number of azide groups is 1. The van der Waals surface area contributed by atoms with Crippen molar-refractivity contribution in [3.63, 3.8) is 0 Å². The van der Waals surface area contributed by atoms with Gasteiger partial charge >= 0.3 is 0 Å². The van der Waals surface area contributed by atoms with Crippen molar-refractivity contribution in [2.75, 3.05) is 6.61 Å². The van der Waals surface area contributed by atoms with Crippen LogP contribution in [0.2, 0.25) is 0 Å². The van der Waals surface area contributed by atoms with Crippen molar-refractivity contribution in [3.05, 3.63) is 10.4 Å². The highest BCUT2D eigenvalue weighted by Gasteiger charge is 2.47. The third kappa shape index (κ3) is 0.912. The van der Waals surface area contributed by atoms with Crippen LogP contribution in [0.1, 0.15) is 0 Å². The van der Waals surface area contributed by atoms with Gasteiger partial charge in [0.05, 0.1) is 24.9 Å². The summed E-state index contributed by atoms with van der Waals surface area (Å²) in [6, 6.07) is -0.653. The van der Waals surface area contributed by atoms with Crippen LogP contribution in [0.5, 0.6) is 0 Å². The Morgan fingerprint density at radius 2 is 2.45 bits per heavy atom. The molecule has 2 aliphatic heterocycles. The highest BCUT2D eigenvalue weighted by molar-refractivity contribution is 6.11. The van der Waals surface area contributed by atoms with E-state index in [1.54, 1.807) is 0 Å². The molecular formula is C5H6BN3O2. The fraction of sp³-hybridized carbons (Fsp3) is 1.00. The minimum atomic E-state index is -0.427. The molecule has 0 aromatic carbocycles. The van der Waals surface area contributed by atoms with Gasteiger partial charge in [-0.15, -0.1) is 0 Å². The molecular weight excluding hydrogens is 145 g/mol. The van der Waals surface area contributed by atoms with Gasteiger partial charge in [0.2, 0.25) is 0 Å². The zero-order chi connectivity index (χ0) is 7.84. The van der Waals surface area contributed by atoms with Gasteiger partial charge in [0, 0.05) is 10.9 Å². The summed E-state index contributed by atoms with van der Waals surface area (Å²) in [7, 11) is 5.51. The summed E-state index contributed by atoms with van der Waals surface area (Å²) < 4.78 is 10.4. The maximum absolute atomic E-state index is 8.18. The molecule has 2 aliphatic rings. The SMILES string of the molecule is [B][C@@H]1O[C@H]2CO[C@@H]1[C@@H]2N=[N+]=[N-]. The van der Waals surface area contributed by atoms with Gasteiger partial charge in [-0.05, 0) is 5.53 Å². The molecule has 5 nitrogen and oxygen atoms in total. The van der Waals surface area contributed by atoms with Crippen LogP contribution in [0.3, 0.4) is 0 Å². The van der Waals surface area contributed by atoms with E-state index in [0.717, 1.165) is 0 Å². The van der Waals surface area contributed by atoms with Gasteiger partial charge in [-0.1, -0.05) is 5.11 Å². The highest BCUT2D eigenvalue weighted by Crippen LogP contribution is 2.31. The van der Waals surface area contributed by atoms with Crippen molar-refractivity contribution >= 4 is 7.85 Å². The van der Waals surface area contributed by atoms with E-state index >= 15 is 0 Å². The fourth-order valence-electron chi connectivity index (χ4n) is 1.50. The molecule has 0 N–H and O–H groups in total. The summed E-state index contributed by atoms with van der Waals surface area (Å²) in [5.74, 6) is 0. The van der Waals surface area contributed by atoms with E-state index in [-0.39, 0.29) is 18.2 Å². The lowest BCUT2D eigenvalue weighted by atomic mass is 9.93. The largest absolute Gasteiger partial charge is 0.379 e. The number of rotatable bonds is 1. The molecule has 0 spiro atoms. The van der Waals surface area contributed by atoms with Crippen LogP contribution < -0.4 is 0 Å². The van der Waals surface area contributed by atoms with E-state index in [1.165, 1.54) is 0 Å². The van der Waals surface area contributed by atoms with E-state index in [2.05, 4.69) is 10.0 Å². The van der Waals surface area contributed by atoms with Crippen LogP contribution in [-0.4, -0.2) is 38.7 Å². The van der Waals surface area contributed by atoms with E-state index in [4.69, 9.17) is 22.9 Å². The molecule has 6 heteroatoms. The lowest BCUT2D eigenvalue weighted by molar-refractivity contribution is -0.0577. The Balaban J connectivity index is 2.18. The topological polar surface area (TPSA) is 67.2 Å². The smallest absolute Gasteiger partial charge is 0.112 e. The molecule has 2 bridgehead atoms. The summed E-state index contributed by atoms with van der Waals surface area (Å²) in [5, 5.41) is 3.55. The molecule has 4 atom stereocenters. The van der Waals surface area contributed by atoms with E-state index in [9.17, 15) is 0 Å². The minimum absolute atomic E-state index is 0.133. The second-order valence-corrected chi connectivity index (χ2v) is 2.63. The monoisotopic (exact) mass is 151 g/mol. The molecule has 0 saturated carbocycles. The number of fused-ring (bicyclic) bond motifs is 2. The van der Waals surface area contributed by atoms with Gasteiger partial charge in [-0.25, -0.2) is 0 Å². The Kier molecular flexibility index (Phi) is 1.53. The summed E-state index contributed by atoms with van der Waals surface area (Å²) in [6.45, 7) is 0.488. The molecule has 0 aliphatic carbocycles. The predicted molar refractivity (Wildman–Crippen MR) is 37.1 cm³/mol. The second-order valence-electron chi connectivity index (χ2n) is 2.63. The standard InChI is InChI=1S/C5H6BN3O2/c6-5-4-3(8-9-7)2(11-5)1-10-4/h2-5H,1H2/t2-,3+,4+,5+/m0/s1. The van der Waals surface area contributed by atoms with Gasteiger partial charge in [0.25, 0.3) is 0 Å². The summed E-state index contributed by atoms with van der Waals surface area (Å²) in [4.78, 5) is 2.70. The third-order valence-electron chi connectivity index (χ3n) is 2.01. The molecule has 11 heavy (non-hydrogen) atoms. The van der Waals surface area contributed by atoms with E-state index in [0.29, 0.717) is 6.61 Å². The molecule has 2 fully saturated rings. The molecule has 0 amide bonds. The molecule has 56 valence electrons. The first-order valence-electron chi connectivity index (χ1n) is 3.40. The van der Waals surface area contributed by atoms with Gasteiger partial charge in [-0.2, -0.15) is 0 Å². The van der Waals surface area contributed by atoms with Crippen LogP contribution in [0, 0.1) is 0 Å². The Hall–Kier alpha value is -0.705. The van der Waals surface area contributed by atoms with Crippen molar-refractivity contribution in [1.29, 1.82) is 0 Å². The van der Waals surface area contributed by atoms with Gasteiger partial charge in [0.1, 0.15) is 7.85 Å². The van der Waals surface area contributed by atoms with Crippen molar-refractivity contribution < 1.29 is 9.47 Å². The van der Waals surface area contributed by atoms with Crippen molar-refractivity contribution in [2.45, 2.75) is 24.3 Å².